The molecule has 0 saturated carbocycles. The summed E-state index contributed by atoms with van der Waals surface area (Å²) in [5.41, 5.74) is 6.84. The van der Waals surface area contributed by atoms with Gasteiger partial charge in [-0.3, -0.25) is 4.79 Å². The predicted molar refractivity (Wildman–Crippen MR) is 75.9 cm³/mol. The molecule has 0 atom stereocenters. The molecule has 5 nitrogen and oxygen atoms in total. The minimum atomic E-state index is -3.56. The maximum atomic E-state index is 12.0. The van der Waals surface area contributed by atoms with Crippen molar-refractivity contribution in [3.63, 3.8) is 0 Å². The van der Waals surface area contributed by atoms with E-state index >= 15 is 0 Å². The van der Waals surface area contributed by atoms with Crippen molar-refractivity contribution < 1.29 is 13.2 Å². The fraction of sp³-hybridized carbons (Fsp3) is 0.333. The molecule has 0 unspecified atom stereocenters. The number of thiocarbonyl (C=S) groups is 1. The van der Waals surface area contributed by atoms with Gasteiger partial charge in [0.15, 0.2) is 4.75 Å². The Morgan fingerprint density at radius 2 is 2.05 bits per heavy atom. The zero-order valence-corrected chi connectivity index (χ0v) is 12.2. The number of sulfonamides is 1. The first kappa shape index (κ1) is 14.0. The Bertz CT molecular complexity index is 665. The third-order valence-corrected chi connectivity index (χ3v) is 5.79. The molecule has 1 fully saturated rings. The summed E-state index contributed by atoms with van der Waals surface area (Å²) in [5.74, 6) is -0.395. The SMILES string of the molecule is CC1(C)C(=O)N(Cc2cccc(C(N)=S)c2)S1(=O)=O. The highest BCUT2D eigenvalue weighted by molar-refractivity contribution is 7.94. The van der Waals surface area contributed by atoms with E-state index in [1.54, 1.807) is 24.3 Å². The smallest absolute Gasteiger partial charge is 0.259 e. The second kappa shape index (κ2) is 4.28. The Morgan fingerprint density at radius 3 is 2.58 bits per heavy atom. The van der Waals surface area contributed by atoms with Crippen molar-refractivity contribution in [2.75, 3.05) is 0 Å². The summed E-state index contributed by atoms with van der Waals surface area (Å²) in [4.78, 5) is 12.1. The van der Waals surface area contributed by atoms with E-state index in [0.717, 1.165) is 4.31 Å². The molecule has 2 rings (SSSR count). The van der Waals surface area contributed by atoms with Crippen LogP contribution in [0.1, 0.15) is 25.0 Å². The second-order valence-corrected chi connectivity index (χ2v) is 7.74. The van der Waals surface area contributed by atoms with Crippen molar-refractivity contribution >= 4 is 33.1 Å². The molecule has 0 aromatic heterocycles. The quantitative estimate of drug-likeness (QED) is 0.834. The first-order valence-corrected chi connectivity index (χ1v) is 7.48. The number of hydrogen-bond acceptors (Lipinski definition) is 4. The fourth-order valence-corrected chi connectivity index (χ4v) is 3.54. The molecule has 0 radical (unpaired) electrons. The topological polar surface area (TPSA) is 80.5 Å². The van der Waals surface area contributed by atoms with Crippen molar-refractivity contribution in [3.05, 3.63) is 35.4 Å². The summed E-state index contributed by atoms with van der Waals surface area (Å²) in [7, 11) is -3.56. The Morgan fingerprint density at radius 1 is 1.42 bits per heavy atom. The molecule has 1 heterocycles. The third kappa shape index (κ3) is 2.02. The summed E-state index contributed by atoms with van der Waals surface area (Å²) < 4.78 is 23.5. The number of benzene rings is 1. The second-order valence-electron chi connectivity index (χ2n) is 4.89. The zero-order chi connectivity index (χ0) is 14.4. The van der Waals surface area contributed by atoms with E-state index in [4.69, 9.17) is 18.0 Å². The number of hydrogen-bond donors (Lipinski definition) is 1. The van der Waals surface area contributed by atoms with Gasteiger partial charge in [-0.1, -0.05) is 30.4 Å². The van der Waals surface area contributed by atoms with Crippen LogP contribution in [0.2, 0.25) is 0 Å². The lowest BCUT2D eigenvalue weighted by atomic mass is 10.1. The monoisotopic (exact) mass is 298 g/mol. The molecule has 1 aliphatic rings. The highest BCUT2D eigenvalue weighted by atomic mass is 32.2. The van der Waals surface area contributed by atoms with Gasteiger partial charge in [-0.05, 0) is 25.5 Å². The van der Waals surface area contributed by atoms with Gasteiger partial charge >= 0.3 is 0 Å². The van der Waals surface area contributed by atoms with Crippen LogP contribution < -0.4 is 5.73 Å². The molecule has 102 valence electrons. The average molecular weight is 298 g/mol. The van der Waals surface area contributed by atoms with Crippen LogP contribution in [0.4, 0.5) is 0 Å². The van der Waals surface area contributed by atoms with Crippen LogP contribution in [0, 0.1) is 0 Å². The molecule has 0 bridgehead atoms. The van der Waals surface area contributed by atoms with E-state index in [1.807, 2.05) is 0 Å². The Kier molecular flexibility index (Phi) is 3.14. The summed E-state index contributed by atoms with van der Waals surface area (Å²) >= 11 is 4.86. The van der Waals surface area contributed by atoms with Gasteiger partial charge in [0.05, 0.1) is 6.54 Å². The van der Waals surface area contributed by atoms with E-state index in [0.29, 0.717) is 11.1 Å². The van der Waals surface area contributed by atoms with Gasteiger partial charge in [0.25, 0.3) is 15.9 Å². The van der Waals surface area contributed by atoms with E-state index in [2.05, 4.69) is 0 Å². The third-order valence-electron chi connectivity index (χ3n) is 3.21. The van der Waals surface area contributed by atoms with E-state index in [1.165, 1.54) is 13.8 Å². The van der Waals surface area contributed by atoms with Gasteiger partial charge in [0.2, 0.25) is 0 Å². The highest BCUT2D eigenvalue weighted by Gasteiger charge is 2.59. The average Bonchev–Trinajstić information content (AvgIpc) is 2.35. The molecular formula is C12H14N2O3S2. The van der Waals surface area contributed by atoms with Crippen molar-refractivity contribution in [2.45, 2.75) is 25.1 Å². The first-order valence-electron chi connectivity index (χ1n) is 5.63. The largest absolute Gasteiger partial charge is 0.389 e. The van der Waals surface area contributed by atoms with Crippen molar-refractivity contribution in [1.29, 1.82) is 0 Å². The molecule has 1 saturated heterocycles. The van der Waals surface area contributed by atoms with Gasteiger partial charge in [-0.15, -0.1) is 0 Å². The van der Waals surface area contributed by atoms with E-state index in [9.17, 15) is 13.2 Å². The Balaban J connectivity index is 2.27. The van der Waals surface area contributed by atoms with E-state index in [-0.39, 0.29) is 11.5 Å². The Labute approximate surface area is 117 Å². The standard InChI is InChI=1S/C12H14N2O3S2/c1-12(2)11(15)14(19(12,16)17)7-8-4-3-5-9(6-8)10(13)18/h3-6H,7H2,1-2H3,(H2,13,18). The molecule has 1 amide bonds. The molecular weight excluding hydrogens is 284 g/mol. The molecule has 1 aromatic carbocycles. The molecule has 1 aromatic rings. The highest BCUT2D eigenvalue weighted by Crippen LogP contribution is 2.36. The predicted octanol–water partition coefficient (Wildman–Crippen LogP) is 0.771. The van der Waals surface area contributed by atoms with Crippen LogP contribution >= 0.6 is 12.2 Å². The van der Waals surface area contributed by atoms with Crippen LogP contribution in [-0.2, 0) is 21.4 Å². The number of carbonyl (C=O) groups excluding carboxylic acids is 1. The maximum absolute atomic E-state index is 12.0. The van der Waals surface area contributed by atoms with E-state index < -0.39 is 20.7 Å². The van der Waals surface area contributed by atoms with Crippen molar-refractivity contribution in [3.8, 4) is 0 Å². The van der Waals surface area contributed by atoms with Crippen molar-refractivity contribution in [1.82, 2.24) is 4.31 Å². The maximum Gasteiger partial charge on any atom is 0.259 e. The molecule has 1 aliphatic heterocycles. The number of nitrogens with two attached hydrogens (primary N) is 1. The lowest BCUT2D eigenvalue weighted by Crippen LogP contribution is -2.66. The molecule has 7 heteroatoms. The van der Waals surface area contributed by atoms with Crippen molar-refractivity contribution in [2.24, 2.45) is 5.73 Å². The van der Waals surface area contributed by atoms with Gasteiger partial charge in [0, 0.05) is 5.56 Å². The number of rotatable bonds is 3. The number of nitrogens with zero attached hydrogens (tertiary/aromatic N) is 1. The minimum Gasteiger partial charge on any atom is -0.389 e. The summed E-state index contributed by atoms with van der Waals surface area (Å²) in [6, 6.07) is 6.89. The van der Waals surface area contributed by atoms with Crippen LogP contribution in [-0.4, -0.2) is 28.4 Å². The molecule has 19 heavy (non-hydrogen) atoms. The van der Waals surface area contributed by atoms with Crippen LogP contribution in [0.5, 0.6) is 0 Å². The Hall–Kier alpha value is -1.47. The normalized spacial score (nSPS) is 19.9. The van der Waals surface area contributed by atoms with Crippen LogP contribution in [0.15, 0.2) is 24.3 Å². The summed E-state index contributed by atoms with van der Waals surface area (Å²) in [6.07, 6.45) is 0. The van der Waals surface area contributed by atoms with Crippen LogP contribution in [0.25, 0.3) is 0 Å². The zero-order valence-electron chi connectivity index (χ0n) is 10.6. The number of carbonyl (C=O) groups is 1. The molecule has 0 spiro atoms. The molecule has 2 N–H and O–H groups in total. The van der Waals surface area contributed by atoms with Gasteiger partial charge in [0.1, 0.15) is 4.99 Å². The molecule has 0 aliphatic carbocycles. The number of amides is 1. The fourth-order valence-electron chi connectivity index (χ4n) is 1.90. The lowest BCUT2D eigenvalue weighted by Gasteiger charge is -2.43. The van der Waals surface area contributed by atoms with Gasteiger partial charge in [-0.2, -0.15) is 0 Å². The lowest BCUT2D eigenvalue weighted by molar-refractivity contribution is -0.132. The first-order chi connectivity index (χ1) is 8.68. The summed E-state index contributed by atoms with van der Waals surface area (Å²) in [6.45, 7) is 2.83. The van der Waals surface area contributed by atoms with Crippen LogP contribution in [0.3, 0.4) is 0 Å². The minimum absolute atomic E-state index is 0.0149. The summed E-state index contributed by atoms with van der Waals surface area (Å²) in [5, 5.41) is 0. The van der Waals surface area contributed by atoms with Gasteiger partial charge < -0.3 is 5.73 Å². The van der Waals surface area contributed by atoms with Gasteiger partial charge in [-0.25, -0.2) is 12.7 Å².